The Morgan fingerprint density at radius 2 is 2.20 bits per heavy atom. The van der Waals surface area contributed by atoms with E-state index in [1.165, 1.54) is 4.68 Å². The fraction of sp³-hybridized carbons (Fsp3) is 0.111. The van der Waals surface area contributed by atoms with Crippen LogP contribution in [0.3, 0.4) is 0 Å². The third kappa shape index (κ3) is 3.75. The molecule has 0 saturated heterocycles. The number of thiophene rings is 1. The fourth-order valence-corrected chi connectivity index (χ4v) is 3.43. The molecular formula is C18H16N8O3S. The van der Waals surface area contributed by atoms with Crippen LogP contribution in [0.15, 0.2) is 46.1 Å². The zero-order chi connectivity index (χ0) is 21.1. The van der Waals surface area contributed by atoms with Gasteiger partial charge in [-0.15, -0.1) is 16.4 Å². The van der Waals surface area contributed by atoms with E-state index in [2.05, 4.69) is 35.8 Å². The van der Waals surface area contributed by atoms with Gasteiger partial charge in [0, 0.05) is 15.3 Å². The number of methoxy groups -OCH3 is 1. The molecule has 0 aliphatic carbocycles. The monoisotopic (exact) mass is 424 g/mol. The van der Waals surface area contributed by atoms with Crippen molar-refractivity contribution in [1.29, 1.82) is 0 Å². The smallest absolute Gasteiger partial charge is 0.294 e. The lowest BCUT2D eigenvalue weighted by Gasteiger charge is -2.07. The van der Waals surface area contributed by atoms with Crippen molar-refractivity contribution in [2.45, 2.75) is 6.92 Å². The van der Waals surface area contributed by atoms with Gasteiger partial charge in [0.1, 0.15) is 11.4 Å². The Morgan fingerprint density at radius 1 is 1.33 bits per heavy atom. The van der Waals surface area contributed by atoms with Crippen molar-refractivity contribution < 1.29 is 14.2 Å². The Labute approximate surface area is 174 Å². The standard InChI is InChI=1S/C18H16N8O3S/c1-10-6-7-13(30-10)9-20-22-18(27)14-15(11-4-3-5-12(8-11)28-2)26(25-21-14)17-16(19)23-29-24-17/h3-9H,1-2H3,(H2,19,23)(H,22,27)/b20-9+. The number of ether oxygens (including phenoxy) is 1. The molecule has 30 heavy (non-hydrogen) atoms. The molecule has 4 aromatic rings. The number of aromatic nitrogens is 5. The van der Waals surface area contributed by atoms with Crippen LogP contribution in [0.5, 0.6) is 5.75 Å². The lowest BCUT2D eigenvalue weighted by Crippen LogP contribution is -2.19. The highest BCUT2D eigenvalue weighted by atomic mass is 32.1. The van der Waals surface area contributed by atoms with Gasteiger partial charge in [-0.3, -0.25) is 4.79 Å². The van der Waals surface area contributed by atoms with Crippen LogP contribution in [-0.2, 0) is 0 Å². The number of anilines is 1. The van der Waals surface area contributed by atoms with Crippen molar-refractivity contribution >= 4 is 29.3 Å². The summed E-state index contributed by atoms with van der Waals surface area (Å²) in [6, 6.07) is 10.9. The van der Waals surface area contributed by atoms with Crippen LogP contribution in [0, 0.1) is 6.92 Å². The molecular weight excluding hydrogens is 408 g/mol. The molecule has 0 unspecified atom stereocenters. The third-order valence-corrected chi connectivity index (χ3v) is 4.98. The molecule has 0 fully saturated rings. The minimum absolute atomic E-state index is 0.00194. The van der Waals surface area contributed by atoms with Crippen LogP contribution in [0.25, 0.3) is 17.1 Å². The summed E-state index contributed by atoms with van der Waals surface area (Å²) in [6.07, 6.45) is 1.56. The van der Waals surface area contributed by atoms with Gasteiger partial charge in [-0.1, -0.05) is 17.3 Å². The molecule has 1 amide bonds. The number of hydrazone groups is 1. The average Bonchev–Trinajstić information content (AvgIpc) is 3.47. The van der Waals surface area contributed by atoms with E-state index in [-0.39, 0.29) is 17.3 Å². The van der Waals surface area contributed by atoms with Crippen molar-refractivity contribution in [3.8, 4) is 22.8 Å². The van der Waals surface area contributed by atoms with Gasteiger partial charge in [0.05, 0.1) is 13.3 Å². The molecule has 3 heterocycles. The predicted octanol–water partition coefficient (Wildman–Crippen LogP) is 2.04. The number of nitrogens with two attached hydrogens (primary N) is 1. The molecule has 0 radical (unpaired) electrons. The first kappa shape index (κ1) is 19.3. The molecule has 0 saturated carbocycles. The number of hydrogen-bond acceptors (Lipinski definition) is 10. The van der Waals surface area contributed by atoms with Crippen LogP contribution in [0.1, 0.15) is 20.2 Å². The van der Waals surface area contributed by atoms with E-state index >= 15 is 0 Å². The highest BCUT2D eigenvalue weighted by Crippen LogP contribution is 2.28. The molecule has 0 atom stereocenters. The second-order valence-corrected chi connectivity index (χ2v) is 7.37. The Morgan fingerprint density at radius 3 is 2.90 bits per heavy atom. The first-order chi connectivity index (χ1) is 14.6. The van der Waals surface area contributed by atoms with E-state index in [0.717, 1.165) is 9.75 Å². The Bertz CT molecular complexity index is 1230. The molecule has 0 aliphatic heterocycles. The number of nitrogen functional groups attached to an aromatic ring is 1. The Balaban J connectivity index is 1.72. The maximum Gasteiger partial charge on any atom is 0.294 e. The average molecular weight is 424 g/mol. The van der Waals surface area contributed by atoms with Crippen LogP contribution in [0.2, 0.25) is 0 Å². The molecule has 0 bridgehead atoms. The second-order valence-electron chi connectivity index (χ2n) is 6.05. The number of amides is 1. The molecule has 1 aromatic carbocycles. The number of hydrogen-bond donors (Lipinski definition) is 2. The predicted molar refractivity (Wildman–Crippen MR) is 110 cm³/mol. The van der Waals surface area contributed by atoms with Crippen molar-refractivity contribution in [3.05, 3.63) is 51.8 Å². The highest BCUT2D eigenvalue weighted by molar-refractivity contribution is 7.13. The summed E-state index contributed by atoms with van der Waals surface area (Å²) in [6.45, 7) is 1.99. The fourth-order valence-electron chi connectivity index (χ4n) is 2.68. The van der Waals surface area contributed by atoms with Crippen LogP contribution < -0.4 is 15.9 Å². The zero-order valence-corrected chi connectivity index (χ0v) is 16.8. The van der Waals surface area contributed by atoms with Crippen molar-refractivity contribution in [3.63, 3.8) is 0 Å². The van der Waals surface area contributed by atoms with Crippen LogP contribution in [0.4, 0.5) is 5.82 Å². The van der Waals surface area contributed by atoms with E-state index in [1.54, 1.807) is 48.9 Å². The maximum absolute atomic E-state index is 12.8. The Kier molecular flexibility index (Phi) is 5.22. The molecule has 152 valence electrons. The number of carbonyl (C=O) groups is 1. The van der Waals surface area contributed by atoms with Crippen molar-refractivity contribution in [2.24, 2.45) is 5.10 Å². The van der Waals surface area contributed by atoms with E-state index in [1.807, 2.05) is 19.1 Å². The number of benzene rings is 1. The van der Waals surface area contributed by atoms with E-state index < -0.39 is 5.91 Å². The van der Waals surface area contributed by atoms with Gasteiger partial charge in [0.15, 0.2) is 5.69 Å². The number of aryl methyl sites for hydroxylation is 1. The summed E-state index contributed by atoms with van der Waals surface area (Å²) in [5.41, 5.74) is 9.22. The molecule has 4 rings (SSSR count). The molecule has 3 aromatic heterocycles. The summed E-state index contributed by atoms with van der Waals surface area (Å²) in [4.78, 5) is 14.8. The topological polar surface area (TPSA) is 146 Å². The quantitative estimate of drug-likeness (QED) is 0.353. The molecule has 0 spiro atoms. The summed E-state index contributed by atoms with van der Waals surface area (Å²) >= 11 is 1.56. The van der Waals surface area contributed by atoms with Gasteiger partial charge in [0.25, 0.3) is 5.91 Å². The maximum atomic E-state index is 12.8. The van der Waals surface area contributed by atoms with Gasteiger partial charge < -0.3 is 10.5 Å². The molecule has 11 nitrogen and oxygen atoms in total. The largest absolute Gasteiger partial charge is 0.497 e. The van der Waals surface area contributed by atoms with Gasteiger partial charge >= 0.3 is 0 Å². The molecule has 12 heteroatoms. The highest BCUT2D eigenvalue weighted by Gasteiger charge is 2.25. The van der Waals surface area contributed by atoms with E-state index in [4.69, 9.17) is 10.5 Å². The van der Waals surface area contributed by atoms with Crippen molar-refractivity contribution in [1.82, 2.24) is 30.7 Å². The number of carbonyl (C=O) groups excluding carboxylic acids is 1. The lowest BCUT2D eigenvalue weighted by atomic mass is 10.1. The minimum Gasteiger partial charge on any atom is -0.497 e. The summed E-state index contributed by atoms with van der Waals surface area (Å²) < 4.78 is 11.2. The Hall–Kier alpha value is -4.06. The van der Waals surface area contributed by atoms with Crippen molar-refractivity contribution in [2.75, 3.05) is 12.8 Å². The number of rotatable bonds is 6. The summed E-state index contributed by atoms with van der Waals surface area (Å²) in [7, 11) is 1.54. The SMILES string of the molecule is COc1cccc(-c2c(C(=O)N/N=C/c3ccc(C)s3)nnn2-c2nonc2N)c1. The van der Waals surface area contributed by atoms with Crippen LogP contribution in [-0.4, -0.2) is 44.5 Å². The minimum atomic E-state index is -0.557. The molecule has 0 aliphatic rings. The van der Waals surface area contributed by atoms with Gasteiger partial charge in [-0.25, -0.2) is 10.1 Å². The lowest BCUT2D eigenvalue weighted by molar-refractivity contribution is 0.0950. The van der Waals surface area contributed by atoms with E-state index in [0.29, 0.717) is 17.0 Å². The van der Waals surface area contributed by atoms with Gasteiger partial charge in [-0.2, -0.15) is 9.78 Å². The van der Waals surface area contributed by atoms with Gasteiger partial charge in [-0.05, 0) is 41.5 Å². The third-order valence-electron chi connectivity index (χ3n) is 4.04. The first-order valence-electron chi connectivity index (χ1n) is 8.65. The van der Waals surface area contributed by atoms with Gasteiger partial charge in [0.2, 0.25) is 11.6 Å². The normalized spacial score (nSPS) is 11.1. The number of nitrogens with zero attached hydrogens (tertiary/aromatic N) is 6. The van der Waals surface area contributed by atoms with Crippen LogP contribution >= 0.6 is 11.3 Å². The zero-order valence-electron chi connectivity index (χ0n) is 15.9. The van der Waals surface area contributed by atoms with E-state index in [9.17, 15) is 4.79 Å². The first-order valence-corrected chi connectivity index (χ1v) is 9.47. The number of nitrogens with one attached hydrogen (secondary N) is 1. The molecule has 3 N–H and O–H groups in total. The summed E-state index contributed by atoms with van der Waals surface area (Å²) in [5.74, 6) is 0.140. The summed E-state index contributed by atoms with van der Waals surface area (Å²) in [5, 5.41) is 19.3. The second kappa shape index (κ2) is 8.13.